The van der Waals surface area contributed by atoms with Gasteiger partial charge in [0.2, 0.25) is 5.91 Å². The van der Waals surface area contributed by atoms with Crippen molar-refractivity contribution in [2.45, 2.75) is 26.7 Å². The van der Waals surface area contributed by atoms with Crippen molar-refractivity contribution >= 4 is 27.5 Å². The Kier molecular flexibility index (Phi) is 6.22. The van der Waals surface area contributed by atoms with Gasteiger partial charge in [-0.2, -0.15) is 0 Å². The van der Waals surface area contributed by atoms with Crippen LogP contribution in [0, 0.1) is 6.92 Å². The van der Waals surface area contributed by atoms with Crippen molar-refractivity contribution < 1.29 is 9.53 Å². The minimum Gasteiger partial charge on any atom is -0.381 e. The van der Waals surface area contributed by atoms with Gasteiger partial charge < -0.3 is 10.1 Å². The summed E-state index contributed by atoms with van der Waals surface area (Å²) in [7, 11) is 0. The van der Waals surface area contributed by atoms with Gasteiger partial charge in [-0.15, -0.1) is 0 Å². The second kappa shape index (κ2) is 7.45. The van der Waals surface area contributed by atoms with Crippen LogP contribution in [-0.4, -0.2) is 19.1 Å². The Labute approximate surface area is 111 Å². The van der Waals surface area contributed by atoms with Crippen molar-refractivity contribution in [2.24, 2.45) is 0 Å². The normalized spacial score (nSPS) is 10.3. The van der Waals surface area contributed by atoms with E-state index in [1.807, 2.05) is 32.0 Å². The van der Waals surface area contributed by atoms with Crippen molar-refractivity contribution in [3.63, 3.8) is 0 Å². The monoisotopic (exact) mass is 299 g/mol. The lowest BCUT2D eigenvalue weighted by atomic mass is 10.2. The van der Waals surface area contributed by atoms with Crippen LogP contribution in [0.5, 0.6) is 0 Å². The summed E-state index contributed by atoms with van der Waals surface area (Å²) in [5, 5.41) is 2.86. The summed E-state index contributed by atoms with van der Waals surface area (Å²) in [6, 6.07) is 5.79. The molecule has 1 rings (SSSR count). The number of benzene rings is 1. The van der Waals surface area contributed by atoms with E-state index in [0.29, 0.717) is 19.6 Å². The van der Waals surface area contributed by atoms with Crippen LogP contribution in [0.2, 0.25) is 0 Å². The molecule has 0 unspecified atom stereocenters. The van der Waals surface area contributed by atoms with Crippen LogP contribution < -0.4 is 5.32 Å². The third-order valence-electron chi connectivity index (χ3n) is 2.29. The third kappa shape index (κ3) is 4.88. The molecule has 0 heterocycles. The zero-order valence-electron chi connectivity index (χ0n) is 10.3. The number of carbonyl (C=O) groups is 1. The van der Waals surface area contributed by atoms with Crippen molar-refractivity contribution in [1.29, 1.82) is 0 Å². The lowest BCUT2D eigenvalue weighted by Crippen LogP contribution is -2.14. The molecule has 94 valence electrons. The predicted octanol–water partition coefficient (Wildman–Crippen LogP) is 3.51. The van der Waals surface area contributed by atoms with Gasteiger partial charge in [-0.1, -0.05) is 19.1 Å². The SMILES string of the molecule is CCCOCCC(=O)Nc1cccc(C)c1Br. The molecule has 0 atom stereocenters. The molecule has 0 aromatic heterocycles. The average molecular weight is 300 g/mol. The smallest absolute Gasteiger partial charge is 0.226 e. The molecule has 0 aliphatic rings. The minimum absolute atomic E-state index is 0.0209. The summed E-state index contributed by atoms with van der Waals surface area (Å²) < 4.78 is 6.21. The van der Waals surface area contributed by atoms with E-state index < -0.39 is 0 Å². The number of amides is 1. The summed E-state index contributed by atoms with van der Waals surface area (Å²) >= 11 is 3.46. The van der Waals surface area contributed by atoms with Crippen LogP contribution >= 0.6 is 15.9 Å². The van der Waals surface area contributed by atoms with Crippen molar-refractivity contribution in [3.8, 4) is 0 Å². The van der Waals surface area contributed by atoms with Crippen LogP contribution in [0.1, 0.15) is 25.3 Å². The highest BCUT2D eigenvalue weighted by Crippen LogP contribution is 2.25. The number of anilines is 1. The summed E-state index contributed by atoms with van der Waals surface area (Å²) in [5.74, 6) is -0.0209. The largest absolute Gasteiger partial charge is 0.381 e. The molecule has 0 bridgehead atoms. The molecule has 0 aliphatic carbocycles. The van der Waals surface area contributed by atoms with Crippen LogP contribution in [0.25, 0.3) is 0 Å². The fourth-order valence-corrected chi connectivity index (χ4v) is 1.73. The molecule has 0 saturated heterocycles. The van der Waals surface area contributed by atoms with Gasteiger partial charge in [-0.05, 0) is 40.9 Å². The van der Waals surface area contributed by atoms with Gasteiger partial charge in [0, 0.05) is 11.1 Å². The maximum Gasteiger partial charge on any atom is 0.226 e. The maximum atomic E-state index is 11.6. The Morgan fingerprint density at radius 1 is 1.41 bits per heavy atom. The predicted molar refractivity (Wildman–Crippen MR) is 73.2 cm³/mol. The Hall–Kier alpha value is -0.870. The lowest BCUT2D eigenvalue weighted by molar-refractivity contribution is -0.117. The molecule has 3 nitrogen and oxygen atoms in total. The highest BCUT2D eigenvalue weighted by Gasteiger charge is 2.06. The number of rotatable bonds is 6. The molecule has 0 saturated carbocycles. The van der Waals surface area contributed by atoms with E-state index in [0.717, 1.165) is 22.1 Å². The molecular weight excluding hydrogens is 282 g/mol. The first-order chi connectivity index (χ1) is 8.15. The Balaban J connectivity index is 2.43. The van der Waals surface area contributed by atoms with Gasteiger partial charge in [0.15, 0.2) is 0 Å². The second-order valence-electron chi connectivity index (χ2n) is 3.85. The molecule has 0 aliphatic heterocycles. The van der Waals surface area contributed by atoms with Crippen LogP contribution in [-0.2, 0) is 9.53 Å². The van der Waals surface area contributed by atoms with E-state index in [-0.39, 0.29) is 5.91 Å². The molecule has 0 radical (unpaired) electrons. The van der Waals surface area contributed by atoms with Crippen LogP contribution in [0.15, 0.2) is 22.7 Å². The van der Waals surface area contributed by atoms with Crippen molar-refractivity contribution in [2.75, 3.05) is 18.5 Å². The minimum atomic E-state index is -0.0209. The van der Waals surface area contributed by atoms with E-state index in [1.165, 1.54) is 0 Å². The van der Waals surface area contributed by atoms with E-state index >= 15 is 0 Å². The number of ether oxygens (including phenoxy) is 1. The first-order valence-corrected chi connectivity index (χ1v) is 6.57. The first kappa shape index (κ1) is 14.2. The Morgan fingerprint density at radius 3 is 2.88 bits per heavy atom. The first-order valence-electron chi connectivity index (χ1n) is 5.78. The lowest BCUT2D eigenvalue weighted by Gasteiger charge is -2.09. The highest BCUT2D eigenvalue weighted by molar-refractivity contribution is 9.10. The van der Waals surface area contributed by atoms with Gasteiger partial charge in [-0.25, -0.2) is 0 Å². The number of carbonyl (C=O) groups excluding carboxylic acids is 1. The van der Waals surface area contributed by atoms with E-state index in [9.17, 15) is 4.79 Å². The van der Waals surface area contributed by atoms with Gasteiger partial charge in [0.05, 0.1) is 18.7 Å². The van der Waals surface area contributed by atoms with E-state index in [1.54, 1.807) is 0 Å². The third-order valence-corrected chi connectivity index (χ3v) is 3.34. The van der Waals surface area contributed by atoms with Gasteiger partial charge >= 0.3 is 0 Å². The van der Waals surface area contributed by atoms with Crippen LogP contribution in [0.4, 0.5) is 5.69 Å². The standard InChI is InChI=1S/C13H18BrNO2/c1-3-8-17-9-7-12(16)15-11-6-4-5-10(2)13(11)14/h4-6H,3,7-9H2,1-2H3,(H,15,16). The number of hydrogen-bond donors (Lipinski definition) is 1. The number of halogens is 1. The Morgan fingerprint density at radius 2 is 2.18 bits per heavy atom. The summed E-state index contributed by atoms with van der Waals surface area (Å²) in [4.78, 5) is 11.6. The molecule has 1 aromatic rings. The molecular formula is C13H18BrNO2. The molecule has 0 fully saturated rings. The van der Waals surface area contributed by atoms with Gasteiger partial charge in [0.25, 0.3) is 0 Å². The topological polar surface area (TPSA) is 38.3 Å². The highest BCUT2D eigenvalue weighted by atomic mass is 79.9. The Bertz CT molecular complexity index is 380. The van der Waals surface area contributed by atoms with Crippen LogP contribution in [0.3, 0.4) is 0 Å². The molecule has 0 spiro atoms. The van der Waals surface area contributed by atoms with Gasteiger partial charge in [0.1, 0.15) is 0 Å². The van der Waals surface area contributed by atoms with Crippen molar-refractivity contribution in [1.82, 2.24) is 0 Å². The quantitative estimate of drug-likeness (QED) is 0.816. The molecule has 17 heavy (non-hydrogen) atoms. The van der Waals surface area contributed by atoms with E-state index in [4.69, 9.17) is 4.74 Å². The molecule has 4 heteroatoms. The summed E-state index contributed by atoms with van der Waals surface area (Å²) in [6.07, 6.45) is 1.37. The number of hydrogen-bond acceptors (Lipinski definition) is 2. The maximum absolute atomic E-state index is 11.6. The fourth-order valence-electron chi connectivity index (χ4n) is 1.37. The molecule has 1 aromatic carbocycles. The number of nitrogens with one attached hydrogen (secondary N) is 1. The molecule has 1 amide bonds. The van der Waals surface area contributed by atoms with Gasteiger partial charge in [-0.3, -0.25) is 4.79 Å². The molecule has 1 N–H and O–H groups in total. The zero-order chi connectivity index (χ0) is 12.7. The fraction of sp³-hybridized carbons (Fsp3) is 0.462. The summed E-state index contributed by atoms with van der Waals surface area (Å²) in [6.45, 7) is 5.22. The number of aryl methyl sites for hydroxylation is 1. The van der Waals surface area contributed by atoms with Crippen molar-refractivity contribution in [3.05, 3.63) is 28.2 Å². The van der Waals surface area contributed by atoms with E-state index in [2.05, 4.69) is 21.2 Å². The second-order valence-corrected chi connectivity index (χ2v) is 4.64. The zero-order valence-corrected chi connectivity index (χ0v) is 11.8. The summed E-state index contributed by atoms with van der Waals surface area (Å²) in [5.41, 5.74) is 1.91. The average Bonchev–Trinajstić information content (AvgIpc) is 2.31.